The summed E-state index contributed by atoms with van der Waals surface area (Å²) in [6.45, 7) is 0. The number of carbonyl (C=O) groups is 2. The Kier molecular flexibility index (Phi) is 3.72. The van der Waals surface area contributed by atoms with Gasteiger partial charge in [-0.3, -0.25) is 9.59 Å². The third kappa shape index (κ3) is 2.74. The second kappa shape index (κ2) is 5.44. The van der Waals surface area contributed by atoms with Crippen molar-refractivity contribution in [2.75, 3.05) is 5.32 Å². The smallest absolute Gasteiger partial charge is 0.307 e. The van der Waals surface area contributed by atoms with Crippen LogP contribution in [0.25, 0.3) is 0 Å². The maximum atomic E-state index is 12.0. The Morgan fingerprint density at radius 3 is 2.89 bits per heavy atom. The van der Waals surface area contributed by atoms with Crippen LogP contribution >= 0.6 is 0 Å². The number of amides is 1. The van der Waals surface area contributed by atoms with Crippen molar-refractivity contribution in [2.24, 2.45) is 11.8 Å². The predicted molar refractivity (Wildman–Crippen MR) is 65.9 cm³/mol. The van der Waals surface area contributed by atoms with E-state index < -0.39 is 17.8 Å². The monoisotopic (exact) mass is 246 g/mol. The third-order valence-electron chi connectivity index (χ3n) is 2.96. The average Bonchev–Trinajstić information content (AvgIpc) is 2.40. The van der Waals surface area contributed by atoms with Gasteiger partial charge in [-0.2, -0.15) is 0 Å². The van der Waals surface area contributed by atoms with Crippen molar-refractivity contribution >= 4 is 17.7 Å². The first-order valence-corrected chi connectivity index (χ1v) is 5.80. The summed E-state index contributed by atoms with van der Waals surface area (Å²) in [6.07, 6.45) is 6.28. The highest BCUT2D eigenvalue weighted by Crippen LogP contribution is 2.26. The van der Waals surface area contributed by atoms with Crippen LogP contribution in [0.3, 0.4) is 0 Å². The van der Waals surface area contributed by atoms with Crippen LogP contribution in [0.2, 0.25) is 0 Å². The van der Waals surface area contributed by atoms with Crippen LogP contribution in [-0.2, 0) is 9.59 Å². The van der Waals surface area contributed by atoms with E-state index in [1.807, 2.05) is 6.08 Å². The zero-order valence-electron chi connectivity index (χ0n) is 9.74. The van der Waals surface area contributed by atoms with E-state index in [1.54, 1.807) is 30.5 Å². The molecule has 0 spiro atoms. The number of carboxylic acid groups (broad SMARTS) is 1. The van der Waals surface area contributed by atoms with E-state index >= 15 is 0 Å². The Bertz CT molecular complexity index is 470. The second-order valence-corrected chi connectivity index (χ2v) is 4.18. The molecule has 2 atom stereocenters. The van der Waals surface area contributed by atoms with Gasteiger partial charge in [-0.1, -0.05) is 18.2 Å². The molecule has 0 fully saturated rings. The van der Waals surface area contributed by atoms with Gasteiger partial charge in [-0.15, -0.1) is 0 Å². The Labute approximate surface area is 105 Å². The molecule has 0 saturated carbocycles. The number of pyridine rings is 1. The van der Waals surface area contributed by atoms with Crippen LogP contribution in [0, 0.1) is 11.8 Å². The standard InChI is InChI=1S/C13H14N2O3/c16-12(15-11-7-3-4-8-14-11)9-5-1-2-6-10(9)13(17)18/h1,3-5,7-10H,2,6H2,(H,17,18)(H,14,15,16). The Hall–Kier alpha value is -2.17. The average molecular weight is 246 g/mol. The summed E-state index contributed by atoms with van der Waals surface area (Å²) in [5.74, 6) is -2.10. The highest BCUT2D eigenvalue weighted by molar-refractivity contribution is 5.95. The van der Waals surface area contributed by atoms with Gasteiger partial charge in [0.2, 0.25) is 5.91 Å². The minimum Gasteiger partial charge on any atom is -0.481 e. The fourth-order valence-corrected chi connectivity index (χ4v) is 2.03. The first-order chi connectivity index (χ1) is 8.68. The van der Waals surface area contributed by atoms with E-state index in [9.17, 15) is 9.59 Å². The van der Waals surface area contributed by atoms with Gasteiger partial charge in [-0.05, 0) is 25.0 Å². The van der Waals surface area contributed by atoms with Crippen molar-refractivity contribution in [3.8, 4) is 0 Å². The van der Waals surface area contributed by atoms with E-state index in [1.165, 1.54) is 0 Å². The van der Waals surface area contributed by atoms with E-state index in [4.69, 9.17) is 5.11 Å². The summed E-state index contributed by atoms with van der Waals surface area (Å²) < 4.78 is 0. The molecule has 0 saturated heterocycles. The molecular weight excluding hydrogens is 232 g/mol. The van der Waals surface area contributed by atoms with Crippen LogP contribution < -0.4 is 5.32 Å². The summed E-state index contributed by atoms with van der Waals surface area (Å²) in [6, 6.07) is 5.17. The predicted octanol–water partition coefficient (Wildman–Crippen LogP) is 1.69. The summed E-state index contributed by atoms with van der Waals surface area (Å²) in [7, 11) is 0. The van der Waals surface area contributed by atoms with Crippen molar-refractivity contribution in [3.05, 3.63) is 36.5 Å². The zero-order chi connectivity index (χ0) is 13.0. The van der Waals surface area contributed by atoms with Gasteiger partial charge in [0.05, 0.1) is 11.8 Å². The van der Waals surface area contributed by atoms with Gasteiger partial charge in [-0.25, -0.2) is 4.98 Å². The number of aliphatic carboxylic acids is 1. The van der Waals surface area contributed by atoms with Gasteiger partial charge >= 0.3 is 5.97 Å². The number of anilines is 1. The largest absolute Gasteiger partial charge is 0.481 e. The lowest BCUT2D eigenvalue weighted by molar-refractivity contribution is -0.145. The lowest BCUT2D eigenvalue weighted by Crippen LogP contribution is -2.34. The molecular formula is C13H14N2O3. The summed E-state index contributed by atoms with van der Waals surface area (Å²) in [5.41, 5.74) is 0. The Morgan fingerprint density at radius 2 is 2.22 bits per heavy atom. The minimum atomic E-state index is -0.930. The number of nitrogens with zero attached hydrogens (tertiary/aromatic N) is 1. The molecule has 2 unspecified atom stereocenters. The molecule has 2 N–H and O–H groups in total. The summed E-state index contributed by atoms with van der Waals surface area (Å²) in [4.78, 5) is 27.1. The fourth-order valence-electron chi connectivity index (χ4n) is 2.03. The minimum absolute atomic E-state index is 0.322. The molecule has 18 heavy (non-hydrogen) atoms. The molecule has 0 bridgehead atoms. The number of hydrogen-bond donors (Lipinski definition) is 2. The Morgan fingerprint density at radius 1 is 1.39 bits per heavy atom. The third-order valence-corrected chi connectivity index (χ3v) is 2.96. The van der Waals surface area contributed by atoms with Gasteiger partial charge in [0.1, 0.15) is 5.82 Å². The van der Waals surface area contributed by atoms with Crippen molar-refractivity contribution in [3.63, 3.8) is 0 Å². The lowest BCUT2D eigenvalue weighted by Gasteiger charge is -2.23. The molecule has 5 nitrogen and oxygen atoms in total. The molecule has 2 rings (SSSR count). The molecule has 1 aromatic rings. The zero-order valence-corrected chi connectivity index (χ0v) is 9.74. The van der Waals surface area contributed by atoms with Crippen LogP contribution in [-0.4, -0.2) is 22.0 Å². The van der Waals surface area contributed by atoms with Crippen LogP contribution in [0.15, 0.2) is 36.5 Å². The number of carboxylic acids is 1. The summed E-state index contributed by atoms with van der Waals surface area (Å²) in [5, 5.41) is 11.7. The number of aromatic nitrogens is 1. The number of allylic oxidation sites excluding steroid dienone is 1. The SMILES string of the molecule is O=C(Nc1ccccn1)C1C=CCCC1C(=O)O. The normalized spacial score (nSPS) is 22.4. The van der Waals surface area contributed by atoms with Crippen molar-refractivity contribution in [1.82, 2.24) is 4.98 Å². The van der Waals surface area contributed by atoms with E-state index in [-0.39, 0.29) is 5.91 Å². The lowest BCUT2D eigenvalue weighted by atomic mass is 9.83. The van der Waals surface area contributed by atoms with Crippen LogP contribution in [0.1, 0.15) is 12.8 Å². The highest BCUT2D eigenvalue weighted by Gasteiger charge is 2.33. The van der Waals surface area contributed by atoms with Crippen LogP contribution in [0.5, 0.6) is 0 Å². The molecule has 0 aliphatic heterocycles. The Balaban J connectivity index is 2.10. The summed E-state index contributed by atoms with van der Waals surface area (Å²) >= 11 is 0. The maximum Gasteiger partial charge on any atom is 0.307 e. The highest BCUT2D eigenvalue weighted by atomic mass is 16.4. The van der Waals surface area contributed by atoms with Crippen LogP contribution in [0.4, 0.5) is 5.82 Å². The van der Waals surface area contributed by atoms with Crippen molar-refractivity contribution in [2.45, 2.75) is 12.8 Å². The van der Waals surface area contributed by atoms with Gasteiger partial charge in [0.15, 0.2) is 0 Å². The van der Waals surface area contributed by atoms with E-state index in [2.05, 4.69) is 10.3 Å². The van der Waals surface area contributed by atoms with Gasteiger partial charge in [0.25, 0.3) is 0 Å². The van der Waals surface area contributed by atoms with Gasteiger partial charge < -0.3 is 10.4 Å². The maximum absolute atomic E-state index is 12.0. The molecule has 1 aromatic heterocycles. The first kappa shape index (κ1) is 12.3. The van der Waals surface area contributed by atoms with Crippen molar-refractivity contribution in [1.29, 1.82) is 0 Å². The second-order valence-electron chi connectivity index (χ2n) is 4.18. The number of carbonyl (C=O) groups excluding carboxylic acids is 1. The van der Waals surface area contributed by atoms with Crippen molar-refractivity contribution < 1.29 is 14.7 Å². The van der Waals surface area contributed by atoms with E-state index in [0.717, 1.165) is 0 Å². The number of nitrogens with one attached hydrogen (secondary N) is 1. The molecule has 1 aliphatic carbocycles. The molecule has 94 valence electrons. The fraction of sp³-hybridized carbons (Fsp3) is 0.308. The molecule has 0 aromatic carbocycles. The van der Waals surface area contributed by atoms with Gasteiger partial charge in [0, 0.05) is 6.20 Å². The molecule has 0 radical (unpaired) electrons. The molecule has 1 heterocycles. The van der Waals surface area contributed by atoms with E-state index in [0.29, 0.717) is 18.7 Å². The molecule has 1 aliphatic rings. The quantitative estimate of drug-likeness (QED) is 0.795. The molecule has 5 heteroatoms. The number of rotatable bonds is 3. The topological polar surface area (TPSA) is 79.3 Å². The first-order valence-electron chi connectivity index (χ1n) is 5.80. The number of hydrogen-bond acceptors (Lipinski definition) is 3. The molecule has 1 amide bonds.